The molecule has 1 aromatic carbocycles. The first-order valence-electron chi connectivity index (χ1n) is 8.05. The molecule has 1 saturated carbocycles. The highest BCUT2D eigenvalue weighted by atomic mass is 15.3. The molecule has 0 radical (unpaired) electrons. The Morgan fingerprint density at radius 1 is 1.29 bits per heavy atom. The van der Waals surface area contributed by atoms with Crippen LogP contribution in [0, 0.1) is 17.8 Å². The predicted molar refractivity (Wildman–Crippen MR) is 86.5 cm³/mol. The van der Waals surface area contributed by atoms with Gasteiger partial charge in [-0.25, -0.2) is 4.98 Å². The number of hydrogen-bond acceptors (Lipinski definition) is 3. The molecule has 0 spiro atoms. The maximum atomic E-state index is 5.86. The van der Waals surface area contributed by atoms with Gasteiger partial charge in [-0.15, -0.1) is 0 Å². The van der Waals surface area contributed by atoms with E-state index < -0.39 is 0 Å². The van der Waals surface area contributed by atoms with Gasteiger partial charge in [0.1, 0.15) is 0 Å². The first-order chi connectivity index (χ1) is 10.2. The number of nitrogens with two attached hydrogens (primary N) is 1. The van der Waals surface area contributed by atoms with E-state index in [9.17, 15) is 0 Å². The van der Waals surface area contributed by atoms with Gasteiger partial charge >= 0.3 is 0 Å². The smallest absolute Gasteiger partial charge is 0.0958 e. The van der Waals surface area contributed by atoms with Gasteiger partial charge in [0.2, 0.25) is 0 Å². The van der Waals surface area contributed by atoms with Crippen LogP contribution >= 0.6 is 0 Å². The van der Waals surface area contributed by atoms with Crippen LogP contribution in [0.4, 0.5) is 0 Å². The second-order valence-corrected chi connectivity index (χ2v) is 6.69. The molecule has 114 valence electrons. The van der Waals surface area contributed by atoms with E-state index in [1.165, 1.54) is 24.8 Å². The molecule has 4 atom stereocenters. The fourth-order valence-corrected chi connectivity index (χ4v) is 3.66. The summed E-state index contributed by atoms with van der Waals surface area (Å²) in [7, 11) is 0. The molecule has 0 amide bonds. The van der Waals surface area contributed by atoms with Crippen molar-refractivity contribution < 1.29 is 0 Å². The van der Waals surface area contributed by atoms with E-state index in [1.54, 1.807) is 0 Å². The Bertz CT molecular complexity index is 591. The molecule has 4 heteroatoms. The number of para-hydroxylation sites is 2. The topological polar surface area (TPSA) is 55.9 Å². The van der Waals surface area contributed by atoms with Crippen molar-refractivity contribution in [2.75, 3.05) is 0 Å². The zero-order valence-corrected chi connectivity index (χ0v) is 13.0. The number of hydrogen-bond donors (Lipinski definition) is 2. The Morgan fingerprint density at radius 3 is 2.86 bits per heavy atom. The minimum atomic E-state index is 0.317. The van der Waals surface area contributed by atoms with Crippen molar-refractivity contribution in [1.29, 1.82) is 0 Å². The van der Waals surface area contributed by atoms with E-state index in [0.29, 0.717) is 12.0 Å². The summed E-state index contributed by atoms with van der Waals surface area (Å²) in [6.45, 7) is 5.63. The van der Waals surface area contributed by atoms with Gasteiger partial charge in [0, 0.05) is 12.6 Å². The molecule has 3 rings (SSSR count). The number of aromatic nitrogens is 2. The Morgan fingerprint density at radius 2 is 2.10 bits per heavy atom. The first-order valence-corrected chi connectivity index (χ1v) is 8.05. The summed E-state index contributed by atoms with van der Waals surface area (Å²) in [6, 6.07) is 8.60. The molecule has 2 aromatic rings. The largest absolute Gasteiger partial charge is 0.329 e. The predicted octanol–water partition coefficient (Wildman–Crippen LogP) is 2.94. The van der Waals surface area contributed by atoms with E-state index in [0.717, 1.165) is 23.9 Å². The van der Waals surface area contributed by atoms with Crippen molar-refractivity contribution in [3.8, 4) is 0 Å². The number of hydrazine groups is 1. The maximum Gasteiger partial charge on any atom is 0.0958 e. The lowest BCUT2D eigenvalue weighted by Gasteiger charge is -2.36. The lowest BCUT2D eigenvalue weighted by molar-refractivity contribution is 0.163. The summed E-state index contributed by atoms with van der Waals surface area (Å²) in [5.41, 5.74) is 5.31. The van der Waals surface area contributed by atoms with Crippen molar-refractivity contribution in [3.63, 3.8) is 0 Å². The zero-order chi connectivity index (χ0) is 14.8. The lowest BCUT2D eigenvalue weighted by Crippen LogP contribution is -2.45. The van der Waals surface area contributed by atoms with Crippen LogP contribution < -0.4 is 11.3 Å². The van der Waals surface area contributed by atoms with Gasteiger partial charge in [-0.2, -0.15) is 0 Å². The molecule has 21 heavy (non-hydrogen) atoms. The van der Waals surface area contributed by atoms with Crippen LogP contribution in [0.25, 0.3) is 11.0 Å². The third-order valence-corrected chi connectivity index (χ3v) is 5.34. The van der Waals surface area contributed by atoms with Gasteiger partial charge in [0.25, 0.3) is 0 Å². The van der Waals surface area contributed by atoms with Crippen molar-refractivity contribution in [2.45, 2.75) is 45.7 Å². The van der Waals surface area contributed by atoms with Crippen molar-refractivity contribution in [3.05, 3.63) is 30.6 Å². The van der Waals surface area contributed by atoms with Crippen LogP contribution in [-0.4, -0.2) is 15.6 Å². The lowest BCUT2D eigenvalue weighted by atomic mass is 9.73. The van der Waals surface area contributed by atoms with Gasteiger partial charge < -0.3 is 4.57 Å². The molecule has 4 nitrogen and oxygen atoms in total. The molecule has 1 aliphatic rings. The molecule has 0 bridgehead atoms. The Hall–Kier alpha value is -1.39. The normalized spacial score (nSPS) is 27.9. The highest BCUT2D eigenvalue weighted by Gasteiger charge is 2.30. The van der Waals surface area contributed by atoms with Gasteiger partial charge in [0.15, 0.2) is 0 Å². The molecule has 1 aliphatic carbocycles. The SMILES string of the molecule is CC1CCC(C(Cn2cnc3ccccc32)NN)CC1C. The second kappa shape index (κ2) is 6.16. The number of rotatable bonds is 4. The van der Waals surface area contributed by atoms with Crippen molar-refractivity contribution >= 4 is 11.0 Å². The minimum absolute atomic E-state index is 0.317. The standard InChI is InChI=1S/C17H26N4/c1-12-7-8-14(9-13(12)2)16(20-18)10-21-11-19-15-5-3-4-6-17(15)21/h3-6,11-14,16,20H,7-10,18H2,1-2H3. The van der Waals surface area contributed by atoms with Crippen molar-refractivity contribution in [1.82, 2.24) is 15.0 Å². The Kier molecular flexibility index (Phi) is 4.27. The van der Waals surface area contributed by atoms with E-state index in [1.807, 2.05) is 12.4 Å². The summed E-state index contributed by atoms with van der Waals surface area (Å²) in [4.78, 5) is 4.47. The molecular weight excluding hydrogens is 260 g/mol. The second-order valence-electron chi connectivity index (χ2n) is 6.69. The zero-order valence-electron chi connectivity index (χ0n) is 13.0. The summed E-state index contributed by atoms with van der Waals surface area (Å²) in [6.07, 6.45) is 5.79. The van der Waals surface area contributed by atoms with E-state index in [2.05, 4.69) is 47.0 Å². The quantitative estimate of drug-likeness (QED) is 0.671. The molecule has 4 unspecified atom stereocenters. The molecule has 0 aliphatic heterocycles. The molecule has 1 fully saturated rings. The monoisotopic (exact) mass is 286 g/mol. The first kappa shape index (κ1) is 14.5. The molecule has 0 saturated heterocycles. The van der Waals surface area contributed by atoms with Crippen LogP contribution in [0.1, 0.15) is 33.1 Å². The van der Waals surface area contributed by atoms with E-state index in [-0.39, 0.29) is 0 Å². The Balaban J connectivity index is 1.75. The van der Waals surface area contributed by atoms with E-state index in [4.69, 9.17) is 5.84 Å². The van der Waals surface area contributed by atoms with Gasteiger partial charge in [-0.1, -0.05) is 32.4 Å². The molecule has 1 aromatic heterocycles. The van der Waals surface area contributed by atoms with Crippen LogP contribution in [0.3, 0.4) is 0 Å². The average molecular weight is 286 g/mol. The minimum Gasteiger partial charge on any atom is -0.329 e. The number of nitrogens with zero attached hydrogens (tertiary/aromatic N) is 2. The van der Waals surface area contributed by atoms with Crippen molar-refractivity contribution in [2.24, 2.45) is 23.6 Å². The number of benzene rings is 1. The van der Waals surface area contributed by atoms with Crippen LogP contribution in [-0.2, 0) is 6.54 Å². The highest BCUT2D eigenvalue weighted by Crippen LogP contribution is 2.35. The maximum absolute atomic E-state index is 5.86. The van der Waals surface area contributed by atoms with Crippen LogP contribution in [0.15, 0.2) is 30.6 Å². The molecule has 3 N–H and O–H groups in total. The third-order valence-electron chi connectivity index (χ3n) is 5.34. The summed E-state index contributed by atoms with van der Waals surface area (Å²) in [5.74, 6) is 8.15. The van der Waals surface area contributed by atoms with Gasteiger partial charge in [0.05, 0.1) is 17.4 Å². The third kappa shape index (κ3) is 2.97. The van der Waals surface area contributed by atoms with Crippen LogP contribution in [0.5, 0.6) is 0 Å². The van der Waals surface area contributed by atoms with Gasteiger partial charge in [-0.3, -0.25) is 11.3 Å². The molecule has 1 heterocycles. The molecular formula is C17H26N4. The Labute approximate surface area is 126 Å². The highest BCUT2D eigenvalue weighted by molar-refractivity contribution is 5.74. The number of imidazole rings is 1. The summed E-state index contributed by atoms with van der Waals surface area (Å²) >= 11 is 0. The van der Waals surface area contributed by atoms with E-state index >= 15 is 0 Å². The average Bonchev–Trinajstić information content (AvgIpc) is 2.91. The fraction of sp³-hybridized carbons (Fsp3) is 0.588. The number of nitrogens with one attached hydrogen (secondary N) is 1. The van der Waals surface area contributed by atoms with Crippen LogP contribution in [0.2, 0.25) is 0 Å². The number of fused-ring (bicyclic) bond motifs is 1. The summed E-state index contributed by atoms with van der Waals surface area (Å²) in [5, 5.41) is 0. The fourth-order valence-electron chi connectivity index (χ4n) is 3.66. The summed E-state index contributed by atoms with van der Waals surface area (Å²) < 4.78 is 2.22. The van der Waals surface area contributed by atoms with Gasteiger partial charge in [-0.05, 0) is 42.7 Å².